The van der Waals surface area contributed by atoms with E-state index in [1.165, 1.54) is 6.26 Å². The molecule has 3 aromatic carbocycles. The van der Waals surface area contributed by atoms with Crippen molar-refractivity contribution in [3.63, 3.8) is 0 Å². The van der Waals surface area contributed by atoms with Crippen LogP contribution in [-0.4, -0.2) is 14.7 Å². The summed E-state index contributed by atoms with van der Waals surface area (Å²) < 4.78 is 29.8. The van der Waals surface area contributed by atoms with E-state index in [4.69, 9.17) is 39.5 Å². The molecule has 1 heterocycles. The van der Waals surface area contributed by atoms with Crippen molar-refractivity contribution in [3.8, 4) is 5.75 Å². The highest BCUT2D eigenvalue weighted by Crippen LogP contribution is 2.44. The first-order valence-electron chi connectivity index (χ1n) is 8.68. The van der Waals surface area contributed by atoms with E-state index >= 15 is 0 Å². The highest BCUT2D eigenvalue weighted by Gasteiger charge is 2.25. The molecule has 0 saturated heterocycles. The SMILES string of the molecule is CS(=O)(=O)c1ccc(C2=C(c3c(Cl)cc(Cl)cc3Cl)Cc3ccccc3O2)cc1. The van der Waals surface area contributed by atoms with Crippen molar-refractivity contribution in [3.05, 3.63) is 92.4 Å². The molecular weight excluding hydrogens is 451 g/mol. The van der Waals surface area contributed by atoms with Crippen LogP contribution in [0.15, 0.2) is 65.6 Å². The lowest BCUT2D eigenvalue weighted by Gasteiger charge is -2.25. The summed E-state index contributed by atoms with van der Waals surface area (Å²) in [4.78, 5) is 0.238. The highest BCUT2D eigenvalue weighted by molar-refractivity contribution is 7.90. The minimum atomic E-state index is -3.30. The Kier molecular flexibility index (Phi) is 5.38. The van der Waals surface area contributed by atoms with Gasteiger partial charge in [-0.25, -0.2) is 8.42 Å². The van der Waals surface area contributed by atoms with Crippen LogP contribution < -0.4 is 4.74 Å². The standard InChI is InChI=1S/C22H15Cl3O3S/c1-29(26,27)16-8-6-13(7-9-16)22-17(10-14-4-2-3-5-20(14)28-22)21-18(24)11-15(23)12-19(21)25/h2-9,11-12H,10H2,1H3. The average molecular weight is 466 g/mol. The van der Waals surface area contributed by atoms with E-state index in [0.717, 1.165) is 22.4 Å². The zero-order valence-electron chi connectivity index (χ0n) is 15.2. The van der Waals surface area contributed by atoms with Crippen molar-refractivity contribution in [2.75, 3.05) is 6.26 Å². The van der Waals surface area contributed by atoms with Crippen molar-refractivity contribution in [1.29, 1.82) is 0 Å². The van der Waals surface area contributed by atoms with Crippen molar-refractivity contribution >= 4 is 56.0 Å². The largest absolute Gasteiger partial charge is 0.456 e. The molecular formula is C22H15Cl3O3S. The van der Waals surface area contributed by atoms with Gasteiger partial charge in [0.05, 0.1) is 14.9 Å². The summed E-state index contributed by atoms with van der Waals surface area (Å²) in [6, 6.07) is 17.6. The molecule has 3 aromatic rings. The Hall–Kier alpha value is -1.98. The Bertz CT molecular complexity index is 1220. The lowest BCUT2D eigenvalue weighted by molar-refractivity contribution is 0.502. The topological polar surface area (TPSA) is 43.4 Å². The number of benzene rings is 3. The van der Waals surface area contributed by atoms with E-state index in [9.17, 15) is 8.42 Å². The number of para-hydroxylation sites is 1. The average Bonchev–Trinajstić information content (AvgIpc) is 2.66. The third-order valence-corrected chi connectivity index (χ3v) is 6.62. The van der Waals surface area contributed by atoms with E-state index in [-0.39, 0.29) is 4.90 Å². The number of hydrogen-bond acceptors (Lipinski definition) is 3. The maximum absolute atomic E-state index is 11.8. The number of hydrogen-bond donors (Lipinski definition) is 0. The van der Waals surface area contributed by atoms with Gasteiger partial charge in [-0.2, -0.15) is 0 Å². The van der Waals surface area contributed by atoms with Crippen LogP contribution in [0.3, 0.4) is 0 Å². The molecule has 0 N–H and O–H groups in total. The van der Waals surface area contributed by atoms with Crippen LogP contribution in [0.25, 0.3) is 11.3 Å². The Morgan fingerprint density at radius 2 is 1.52 bits per heavy atom. The molecule has 29 heavy (non-hydrogen) atoms. The monoisotopic (exact) mass is 464 g/mol. The summed E-state index contributed by atoms with van der Waals surface area (Å²) in [5.41, 5.74) is 3.18. The normalized spacial score (nSPS) is 13.8. The van der Waals surface area contributed by atoms with Gasteiger partial charge in [-0.1, -0.05) is 53.0 Å². The Labute approximate surface area is 184 Å². The number of halogens is 3. The molecule has 0 amide bonds. The first-order valence-corrected chi connectivity index (χ1v) is 11.7. The molecule has 7 heteroatoms. The van der Waals surface area contributed by atoms with E-state index < -0.39 is 9.84 Å². The molecule has 148 valence electrons. The fraction of sp³-hybridized carbons (Fsp3) is 0.0909. The Morgan fingerprint density at radius 3 is 2.14 bits per heavy atom. The van der Waals surface area contributed by atoms with E-state index in [1.807, 2.05) is 24.3 Å². The second kappa shape index (κ2) is 7.69. The highest BCUT2D eigenvalue weighted by atomic mass is 35.5. The molecule has 3 nitrogen and oxygen atoms in total. The quantitative estimate of drug-likeness (QED) is 0.440. The lowest BCUT2D eigenvalue weighted by Crippen LogP contribution is -2.10. The van der Waals surface area contributed by atoms with Gasteiger partial charge in [0, 0.05) is 34.4 Å². The predicted molar refractivity (Wildman–Crippen MR) is 119 cm³/mol. The van der Waals surface area contributed by atoms with Crippen LogP contribution in [0.2, 0.25) is 15.1 Å². The van der Waals surface area contributed by atoms with Crippen molar-refractivity contribution in [2.45, 2.75) is 11.3 Å². The Balaban J connectivity index is 1.93. The van der Waals surface area contributed by atoms with Crippen LogP contribution in [0.5, 0.6) is 5.75 Å². The number of rotatable bonds is 3. The molecule has 1 aliphatic heterocycles. The molecule has 0 atom stereocenters. The fourth-order valence-corrected chi connectivity index (χ4v) is 4.99. The predicted octanol–water partition coefficient (Wildman–Crippen LogP) is 6.55. The lowest BCUT2D eigenvalue weighted by atomic mass is 9.92. The molecule has 0 saturated carbocycles. The van der Waals surface area contributed by atoms with E-state index in [2.05, 4.69) is 0 Å². The van der Waals surface area contributed by atoms with Gasteiger partial charge in [0.25, 0.3) is 0 Å². The number of fused-ring (bicyclic) bond motifs is 1. The van der Waals surface area contributed by atoms with Gasteiger partial charge in [0.1, 0.15) is 11.5 Å². The summed E-state index contributed by atoms with van der Waals surface area (Å²) in [6.45, 7) is 0. The van der Waals surface area contributed by atoms with Crippen LogP contribution >= 0.6 is 34.8 Å². The van der Waals surface area contributed by atoms with Gasteiger partial charge in [-0.15, -0.1) is 0 Å². The van der Waals surface area contributed by atoms with Crippen molar-refractivity contribution in [1.82, 2.24) is 0 Å². The molecule has 0 fully saturated rings. The van der Waals surface area contributed by atoms with Crippen molar-refractivity contribution in [2.24, 2.45) is 0 Å². The third kappa shape index (κ3) is 4.03. The van der Waals surface area contributed by atoms with Gasteiger partial charge < -0.3 is 4.74 Å². The summed E-state index contributed by atoms with van der Waals surface area (Å²) in [5, 5.41) is 1.29. The molecule has 0 spiro atoms. The van der Waals surface area contributed by atoms with Crippen LogP contribution in [0, 0.1) is 0 Å². The number of ether oxygens (including phenoxy) is 1. The second-order valence-electron chi connectivity index (χ2n) is 6.74. The number of sulfone groups is 1. The van der Waals surface area contributed by atoms with Crippen LogP contribution in [0.4, 0.5) is 0 Å². The molecule has 0 aromatic heterocycles. The van der Waals surface area contributed by atoms with Gasteiger partial charge in [-0.05, 0) is 48.0 Å². The first kappa shape index (κ1) is 20.3. The summed E-state index contributed by atoms with van der Waals surface area (Å²) in [7, 11) is -3.30. The molecule has 0 aliphatic carbocycles. The van der Waals surface area contributed by atoms with Gasteiger partial charge in [0.15, 0.2) is 9.84 Å². The maximum atomic E-state index is 11.8. The second-order valence-corrected chi connectivity index (χ2v) is 10.0. The zero-order valence-corrected chi connectivity index (χ0v) is 18.3. The fourth-order valence-electron chi connectivity index (χ4n) is 3.31. The van der Waals surface area contributed by atoms with Gasteiger partial charge >= 0.3 is 0 Å². The molecule has 0 bridgehead atoms. The minimum Gasteiger partial charge on any atom is -0.456 e. The van der Waals surface area contributed by atoms with Crippen LogP contribution in [-0.2, 0) is 16.3 Å². The smallest absolute Gasteiger partial charge is 0.175 e. The van der Waals surface area contributed by atoms with Gasteiger partial charge in [-0.3, -0.25) is 0 Å². The van der Waals surface area contributed by atoms with E-state index in [0.29, 0.717) is 32.8 Å². The molecule has 0 unspecified atom stereocenters. The third-order valence-electron chi connectivity index (χ3n) is 4.68. The zero-order chi connectivity index (χ0) is 20.8. The summed E-state index contributed by atoms with van der Waals surface area (Å²) in [5.74, 6) is 1.31. The summed E-state index contributed by atoms with van der Waals surface area (Å²) >= 11 is 19.1. The minimum absolute atomic E-state index is 0.238. The Morgan fingerprint density at radius 1 is 0.897 bits per heavy atom. The molecule has 0 radical (unpaired) electrons. The summed E-state index contributed by atoms with van der Waals surface area (Å²) in [6.07, 6.45) is 1.73. The molecule has 4 rings (SSSR count). The first-order chi connectivity index (χ1) is 13.7. The number of allylic oxidation sites excluding steroid dienone is 1. The van der Waals surface area contributed by atoms with E-state index in [1.54, 1.807) is 36.4 Å². The van der Waals surface area contributed by atoms with Crippen molar-refractivity contribution < 1.29 is 13.2 Å². The maximum Gasteiger partial charge on any atom is 0.175 e. The van der Waals surface area contributed by atoms with Gasteiger partial charge in [0.2, 0.25) is 0 Å². The van der Waals surface area contributed by atoms with Crippen LogP contribution in [0.1, 0.15) is 16.7 Å². The molecule has 1 aliphatic rings.